The van der Waals surface area contributed by atoms with E-state index in [1.165, 1.54) is 18.5 Å². The fraction of sp³-hybridized carbons (Fsp3) is 0.381. The van der Waals surface area contributed by atoms with Crippen molar-refractivity contribution in [2.45, 2.75) is 50.7 Å². The van der Waals surface area contributed by atoms with Gasteiger partial charge in [0.05, 0.1) is 17.3 Å². The average molecular weight is 466 g/mol. The summed E-state index contributed by atoms with van der Waals surface area (Å²) in [7, 11) is 0. The molecule has 1 fully saturated rings. The number of ether oxygens (including phenoxy) is 2. The van der Waals surface area contributed by atoms with E-state index in [1.54, 1.807) is 0 Å². The second-order valence-electron chi connectivity index (χ2n) is 7.80. The van der Waals surface area contributed by atoms with Crippen molar-refractivity contribution >= 4 is 22.8 Å². The van der Waals surface area contributed by atoms with Gasteiger partial charge in [0.2, 0.25) is 11.6 Å². The van der Waals surface area contributed by atoms with Gasteiger partial charge in [-0.3, -0.25) is 15.1 Å². The monoisotopic (exact) mass is 466 g/mol. The van der Waals surface area contributed by atoms with Crippen molar-refractivity contribution in [2.75, 3.05) is 0 Å². The first-order chi connectivity index (χ1) is 15.7. The third kappa shape index (κ3) is 4.80. The van der Waals surface area contributed by atoms with Crippen LogP contribution in [0.2, 0.25) is 0 Å². The summed E-state index contributed by atoms with van der Waals surface area (Å²) in [6, 6.07) is 3.31. The molecule has 1 saturated carbocycles. The maximum absolute atomic E-state index is 14.0. The molecule has 1 aromatic carbocycles. The van der Waals surface area contributed by atoms with Crippen LogP contribution in [0, 0.1) is 5.82 Å². The second kappa shape index (κ2) is 8.77. The zero-order valence-corrected chi connectivity index (χ0v) is 17.4. The third-order valence-corrected chi connectivity index (χ3v) is 5.55. The van der Waals surface area contributed by atoms with Gasteiger partial charge < -0.3 is 25.2 Å². The topological polar surface area (TPSA) is 122 Å². The molecule has 9 nitrogen and oxygen atoms in total. The Morgan fingerprint density at radius 2 is 2.09 bits per heavy atom. The highest BCUT2D eigenvalue weighted by Crippen LogP contribution is 2.28. The molecule has 1 aliphatic carbocycles. The van der Waals surface area contributed by atoms with Gasteiger partial charge in [-0.25, -0.2) is 9.18 Å². The Labute approximate surface area is 186 Å². The zero-order chi connectivity index (χ0) is 23.8. The maximum Gasteiger partial charge on any atom is 0.387 e. The summed E-state index contributed by atoms with van der Waals surface area (Å²) in [5, 5.41) is 18.3. The van der Waals surface area contributed by atoms with Gasteiger partial charge in [-0.2, -0.15) is 8.78 Å². The number of aliphatic carboxylic acids is 1. The molecule has 0 saturated heterocycles. The number of carbonyl (C=O) groups excluding carboxylic acids is 1. The molecule has 1 aromatic heterocycles. The molecular weight excluding hydrogens is 445 g/mol. The smallest absolute Gasteiger partial charge is 0.387 e. The lowest BCUT2D eigenvalue weighted by molar-refractivity contribution is -0.141. The highest BCUT2D eigenvalue weighted by Gasteiger charge is 2.42. The van der Waals surface area contributed by atoms with Crippen molar-refractivity contribution in [3.63, 3.8) is 0 Å². The van der Waals surface area contributed by atoms with Crippen LogP contribution >= 0.6 is 0 Å². The van der Waals surface area contributed by atoms with Gasteiger partial charge in [0.15, 0.2) is 11.6 Å². The molecular formula is C21H21F3N4O5. The van der Waals surface area contributed by atoms with Crippen LogP contribution < -0.4 is 20.7 Å². The molecule has 0 bridgehead atoms. The number of halogens is 3. The Hall–Kier alpha value is -3.54. The van der Waals surface area contributed by atoms with Crippen LogP contribution in [0.5, 0.6) is 5.75 Å². The maximum atomic E-state index is 14.0. The Balaban J connectivity index is 1.33. The molecule has 1 amide bonds. The van der Waals surface area contributed by atoms with E-state index in [0.717, 1.165) is 12.1 Å². The largest absolute Gasteiger partial charge is 0.475 e. The van der Waals surface area contributed by atoms with Gasteiger partial charge in [-0.15, -0.1) is 0 Å². The summed E-state index contributed by atoms with van der Waals surface area (Å²) in [5.41, 5.74) is 0.404. The van der Waals surface area contributed by atoms with E-state index in [0.29, 0.717) is 19.3 Å². The Morgan fingerprint density at radius 1 is 1.33 bits per heavy atom. The van der Waals surface area contributed by atoms with Crippen LogP contribution in [0.15, 0.2) is 36.4 Å². The van der Waals surface area contributed by atoms with E-state index in [2.05, 4.69) is 25.7 Å². The predicted octanol–water partition coefficient (Wildman–Crippen LogP) is 2.44. The second-order valence-corrected chi connectivity index (χ2v) is 7.80. The quantitative estimate of drug-likeness (QED) is 0.468. The number of carbonyl (C=O) groups is 2. The minimum Gasteiger partial charge on any atom is -0.475 e. The highest BCUT2D eigenvalue weighted by molar-refractivity contribution is 5.97. The number of alkyl halides is 2. The molecule has 4 rings (SSSR count). The van der Waals surface area contributed by atoms with Crippen LogP contribution in [-0.2, 0) is 9.53 Å². The minimum absolute atomic E-state index is 0.0126. The number of nitrogens with one attached hydrogen (secondary N) is 3. The molecule has 2 aliphatic rings. The molecule has 1 atom stereocenters. The number of aromatic nitrogens is 1. The summed E-state index contributed by atoms with van der Waals surface area (Å²) in [6.45, 7) is -1.32. The normalized spacial score (nSPS) is 24.0. The molecule has 2 heterocycles. The third-order valence-electron chi connectivity index (χ3n) is 5.55. The number of amides is 1. The summed E-state index contributed by atoms with van der Waals surface area (Å²) in [4.78, 5) is 27.7. The van der Waals surface area contributed by atoms with Crippen LogP contribution in [0.3, 0.4) is 0 Å². The van der Waals surface area contributed by atoms with E-state index >= 15 is 0 Å². The zero-order valence-electron chi connectivity index (χ0n) is 17.4. The standard InChI is InChI=1S/C21H21F3N4O5/c1-2-21(26-9-17(33-21)19(30)31)28-13-5-12(6-13)27-18(29)11-3-10-4-14(22)16(32-20(23)24)7-15(10)25-8-11/h3-4,7-9,12-13,20,26,28H,2,5-6H2,1H3,(H,27,29)(H,30,31). The summed E-state index contributed by atoms with van der Waals surface area (Å²) >= 11 is 0. The van der Waals surface area contributed by atoms with Gasteiger partial charge in [0.25, 0.3) is 5.91 Å². The number of rotatable bonds is 8. The van der Waals surface area contributed by atoms with Gasteiger partial charge >= 0.3 is 12.6 Å². The number of pyridine rings is 1. The first-order valence-corrected chi connectivity index (χ1v) is 10.2. The van der Waals surface area contributed by atoms with Crippen LogP contribution in [-0.4, -0.2) is 46.5 Å². The van der Waals surface area contributed by atoms with Crippen molar-refractivity contribution < 1.29 is 37.3 Å². The first-order valence-electron chi connectivity index (χ1n) is 10.2. The average Bonchev–Trinajstić information content (AvgIpc) is 3.17. The van der Waals surface area contributed by atoms with E-state index in [4.69, 9.17) is 9.84 Å². The Morgan fingerprint density at radius 3 is 2.73 bits per heavy atom. The van der Waals surface area contributed by atoms with Crippen molar-refractivity contribution in [1.82, 2.24) is 20.9 Å². The number of benzene rings is 1. The number of carboxylic acids is 1. The molecule has 4 N–H and O–H groups in total. The van der Waals surface area contributed by atoms with Crippen molar-refractivity contribution in [1.29, 1.82) is 0 Å². The van der Waals surface area contributed by atoms with Crippen molar-refractivity contribution in [2.24, 2.45) is 0 Å². The molecule has 176 valence electrons. The van der Waals surface area contributed by atoms with Crippen molar-refractivity contribution in [3.8, 4) is 5.75 Å². The van der Waals surface area contributed by atoms with Gasteiger partial charge in [0.1, 0.15) is 0 Å². The van der Waals surface area contributed by atoms with E-state index in [-0.39, 0.29) is 34.3 Å². The molecule has 1 aliphatic heterocycles. The lowest BCUT2D eigenvalue weighted by Gasteiger charge is -2.42. The summed E-state index contributed by atoms with van der Waals surface area (Å²) in [5.74, 6) is -4.36. The minimum atomic E-state index is -3.17. The van der Waals surface area contributed by atoms with Crippen LogP contribution in [0.25, 0.3) is 10.9 Å². The van der Waals surface area contributed by atoms with E-state index < -0.39 is 35.9 Å². The number of nitrogens with zero attached hydrogens (tertiary/aromatic N) is 1. The van der Waals surface area contributed by atoms with Gasteiger partial charge in [0, 0.05) is 36.2 Å². The van der Waals surface area contributed by atoms with Gasteiger partial charge in [-0.1, -0.05) is 6.92 Å². The van der Waals surface area contributed by atoms with Crippen LogP contribution in [0.4, 0.5) is 13.2 Å². The number of hydrogen-bond acceptors (Lipinski definition) is 7. The number of fused-ring (bicyclic) bond motifs is 1. The summed E-state index contributed by atoms with van der Waals surface area (Å²) in [6.07, 6.45) is 4.22. The SMILES string of the molecule is CCC1(NC2CC(NC(=O)c3cnc4cc(OC(F)F)c(F)cc4c3)C2)NC=C(C(=O)O)O1. The summed E-state index contributed by atoms with van der Waals surface area (Å²) < 4.78 is 48.3. The highest BCUT2D eigenvalue weighted by atomic mass is 19.3. The fourth-order valence-corrected chi connectivity index (χ4v) is 3.77. The molecule has 0 spiro atoms. The number of carboxylic acid groups (broad SMARTS) is 1. The van der Waals surface area contributed by atoms with Crippen LogP contribution in [0.1, 0.15) is 36.5 Å². The lowest BCUT2D eigenvalue weighted by Crippen LogP contribution is -2.63. The molecule has 12 heteroatoms. The fourth-order valence-electron chi connectivity index (χ4n) is 3.77. The van der Waals surface area contributed by atoms with E-state index in [9.17, 15) is 22.8 Å². The Kier molecular flexibility index (Phi) is 6.02. The molecule has 2 aromatic rings. The Bertz CT molecular complexity index is 1120. The molecule has 33 heavy (non-hydrogen) atoms. The van der Waals surface area contributed by atoms with Crippen molar-refractivity contribution in [3.05, 3.63) is 47.7 Å². The van der Waals surface area contributed by atoms with E-state index in [1.807, 2.05) is 6.92 Å². The van der Waals surface area contributed by atoms with Gasteiger partial charge in [-0.05, 0) is 25.0 Å². The predicted molar refractivity (Wildman–Crippen MR) is 109 cm³/mol. The lowest BCUT2D eigenvalue weighted by atomic mass is 9.86. The first kappa shape index (κ1) is 22.6. The molecule has 0 radical (unpaired) electrons. The number of hydrogen-bond donors (Lipinski definition) is 4. The molecule has 1 unspecified atom stereocenters.